The lowest BCUT2D eigenvalue weighted by molar-refractivity contribution is -0.384. The molecular formula is C14H12BrFN2O2. The summed E-state index contributed by atoms with van der Waals surface area (Å²) in [4.78, 5) is 10.1. The van der Waals surface area contributed by atoms with Crippen molar-refractivity contribution in [2.75, 3.05) is 0 Å². The van der Waals surface area contributed by atoms with E-state index in [0.717, 1.165) is 11.1 Å². The Morgan fingerprint density at radius 3 is 2.45 bits per heavy atom. The summed E-state index contributed by atoms with van der Waals surface area (Å²) in [6, 6.07) is 10.3. The van der Waals surface area contributed by atoms with Crippen LogP contribution in [0.4, 0.5) is 10.1 Å². The standard InChI is InChI=1S/C14H12BrFN2O2/c15-13-8-10(16)3-6-12(13)14(17)7-9-1-4-11(5-2-9)18(19)20/h1-6,8,14H,7,17H2. The van der Waals surface area contributed by atoms with Crippen LogP contribution >= 0.6 is 15.9 Å². The first-order chi connectivity index (χ1) is 9.47. The van der Waals surface area contributed by atoms with Gasteiger partial charge in [0.2, 0.25) is 0 Å². The third-order valence-corrected chi connectivity index (χ3v) is 3.65. The zero-order valence-electron chi connectivity index (χ0n) is 10.4. The first kappa shape index (κ1) is 14.6. The van der Waals surface area contributed by atoms with E-state index in [1.807, 2.05) is 0 Å². The van der Waals surface area contributed by atoms with Gasteiger partial charge in [-0.05, 0) is 29.7 Å². The maximum atomic E-state index is 13.0. The Bertz CT molecular complexity index is 632. The zero-order valence-corrected chi connectivity index (χ0v) is 12.0. The Hall–Kier alpha value is -1.79. The summed E-state index contributed by atoms with van der Waals surface area (Å²) in [7, 11) is 0. The van der Waals surface area contributed by atoms with Crippen molar-refractivity contribution in [1.29, 1.82) is 0 Å². The van der Waals surface area contributed by atoms with Gasteiger partial charge in [0.25, 0.3) is 5.69 Å². The fraction of sp³-hybridized carbons (Fsp3) is 0.143. The van der Waals surface area contributed by atoms with Gasteiger partial charge in [0.15, 0.2) is 0 Å². The molecule has 0 aromatic heterocycles. The Kier molecular flexibility index (Phi) is 4.46. The molecule has 0 amide bonds. The molecule has 0 saturated carbocycles. The molecule has 104 valence electrons. The van der Waals surface area contributed by atoms with Crippen molar-refractivity contribution < 1.29 is 9.31 Å². The summed E-state index contributed by atoms with van der Waals surface area (Å²) >= 11 is 3.28. The maximum Gasteiger partial charge on any atom is 0.269 e. The topological polar surface area (TPSA) is 69.2 Å². The van der Waals surface area contributed by atoms with E-state index in [-0.39, 0.29) is 17.5 Å². The molecular weight excluding hydrogens is 327 g/mol. The molecule has 0 radical (unpaired) electrons. The molecule has 0 aliphatic carbocycles. The van der Waals surface area contributed by atoms with Gasteiger partial charge >= 0.3 is 0 Å². The van der Waals surface area contributed by atoms with Gasteiger partial charge in [-0.1, -0.05) is 34.1 Å². The Labute approximate surface area is 123 Å². The number of rotatable bonds is 4. The van der Waals surface area contributed by atoms with Crippen LogP contribution in [0.5, 0.6) is 0 Å². The molecule has 2 rings (SSSR count). The molecule has 0 spiro atoms. The van der Waals surface area contributed by atoms with E-state index in [1.54, 1.807) is 18.2 Å². The van der Waals surface area contributed by atoms with Crippen LogP contribution in [0.2, 0.25) is 0 Å². The highest BCUT2D eigenvalue weighted by atomic mass is 79.9. The van der Waals surface area contributed by atoms with Crippen LogP contribution in [0, 0.1) is 15.9 Å². The quantitative estimate of drug-likeness (QED) is 0.681. The van der Waals surface area contributed by atoms with Crippen molar-refractivity contribution in [3.63, 3.8) is 0 Å². The first-order valence-corrected chi connectivity index (χ1v) is 6.70. The molecule has 0 aliphatic rings. The Balaban J connectivity index is 2.14. The molecule has 6 heteroatoms. The molecule has 2 aromatic rings. The van der Waals surface area contributed by atoms with E-state index in [2.05, 4.69) is 15.9 Å². The van der Waals surface area contributed by atoms with Gasteiger partial charge in [-0.2, -0.15) is 0 Å². The minimum atomic E-state index is -0.444. The monoisotopic (exact) mass is 338 g/mol. The summed E-state index contributed by atoms with van der Waals surface area (Å²) in [5.41, 5.74) is 7.82. The first-order valence-electron chi connectivity index (χ1n) is 5.91. The number of hydrogen-bond acceptors (Lipinski definition) is 3. The smallest absolute Gasteiger partial charge is 0.269 e. The number of nitro groups is 1. The average molecular weight is 339 g/mol. The van der Waals surface area contributed by atoms with Gasteiger partial charge < -0.3 is 5.73 Å². The summed E-state index contributed by atoms with van der Waals surface area (Å²) in [5.74, 6) is -0.330. The third-order valence-electron chi connectivity index (χ3n) is 2.96. The second-order valence-corrected chi connectivity index (χ2v) is 5.25. The van der Waals surface area contributed by atoms with Crippen LogP contribution in [0.15, 0.2) is 46.9 Å². The number of nitrogens with zero attached hydrogens (tertiary/aromatic N) is 1. The molecule has 0 aliphatic heterocycles. The van der Waals surface area contributed by atoms with E-state index in [1.165, 1.54) is 24.3 Å². The van der Waals surface area contributed by atoms with Crippen molar-refractivity contribution in [3.8, 4) is 0 Å². The molecule has 0 bridgehead atoms. The molecule has 4 nitrogen and oxygen atoms in total. The lowest BCUT2D eigenvalue weighted by Crippen LogP contribution is -2.14. The fourth-order valence-electron chi connectivity index (χ4n) is 1.92. The minimum Gasteiger partial charge on any atom is -0.324 e. The lowest BCUT2D eigenvalue weighted by atomic mass is 9.99. The predicted octanol–water partition coefficient (Wildman–Crippen LogP) is 3.74. The largest absolute Gasteiger partial charge is 0.324 e. The summed E-state index contributed by atoms with van der Waals surface area (Å²) < 4.78 is 13.6. The van der Waals surface area contributed by atoms with Crippen LogP contribution in [0.3, 0.4) is 0 Å². The van der Waals surface area contributed by atoms with Gasteiger partial charge in [0.1, 0.15) is 5.82 Å². The maximum absolute atomic E-state index is 13.0. The molecule has 0 saturated heterocycles. The van der Waals surface area contributed by atoms with Crippen LogP contribution in [0.25, 0.3) is 0 Å². The predicted molar refractivity (Wildman–Crippen MR) is 77.8 cm³/mol. The van der Waals surface area contributed by atoms with Crippen molar-refractivity contribution in [1.82, 2.24) is 0 Å². The van der Waals surface area contributed by atoms with Gasteiger partial charge in [-0.15, -0.1) is 0 Å². The molecule has 1 atom stereocenters. The van der Waals surface area contributed by atoms with Crippen LogP contribution in [0.1, 0.15) is 17.2 Å². The number of non-ortho nitro benzene ring substituents is 1. The summed E-state index contributed by atoms with van der Waals surface area (Å²) in [6.07, 6.45) is 0.516. The molecule has 2 aromatic carbocycles. The summed E-state index contributed by atoms with van der Waals surface area (Å²) in [5, 5.41) is 10.6. The van der Waals surface area contributed by atoms with Gasteiger partial charge in [0.05, 0.1) is 4.92 Å². The fourth-order valence-corrected chi connectivity index (χ4v) is 2.56. The van der Waals surface area contributed by atoms with E-state index in [0.29, 0.717) is 10.9 Å². The minimum absolute atomic E-state index is 0.0466. The zero-order chi connectivity index (χ0) is 14.7. The molecule has 2 N–H and O–H groups in total. The second kappa shape index (κ2) is 6.11. The van der Waals surface area contributed by atoms with Gasteiger partial charge in [-0.25, -0.2) is 4.39 Å². The van der Waals surface area contributed by atoms with E-state index in [4.69, 9.17) is 5.73 Å². The highest BCUT2D eigenvalue weighted by molar-refractivity contribution is 9.10. The van der Waals surface area contributed by atoms with Crippen molar-refractivity contribution in [2.24, 2.45) is 5.73 Å². The second-order valence-electron chi connectivity index (χ2n) is 4.40. The number of halogens is 2. The number of nitrogens with two attached hydrogens (primary N) is 1. The highest BCUT2D eigenvalue weighted by Crippen LogP contribution is 2.26. The van der Waals surface area contributed by atoms with E-state index in [9.17, 15) is 14.5 Å². The SMILES string of the molecule is NC(Cc1ccc([N+](=O)[O-])cc1)c1ccc(F)cc1Br. The molecule has 20 heavy (non-hydrogen) atoms. The molecule has 0 heterocycles. The summed E-state index contributed by atoms with van der Waals surface area (Å²) in [6.45, 7) is 0. The number of hydrogen-bond donors (Lipinski definition) is 1. The highest BCUT2D eigenvalue weighted by Gasteiger charge is 2.12. The Morgan fingerprint density at radius 1 is 1.25 bits per heavy atom. The third kappa shape index (κ3) is 3.40. The van der Waals surface area contributed by atoms with E-state index >= 15 is 0 Å². The van der Waals surface area contributed by atoms with Crippen molar-refractivity contribution in [2.45, 2.75) is 12.5 Å². The van der Waals surface area contributed by atoms with Crippen LogP contribution in [-0.2, 0) is 6.42 Å². The Morgan fingerprint density at radius 2 is 1.90 bits per heavy atom. The number of nitro benzene ring substituents is 1. The van der Waals surface area contributed by atoms with E-state index < -0.39 is 4.92 Å². The molecule has 1 unspecified atom stereocenters. The van der Waals surface area contributed by atoms with Crippen molar-refractivity contribution >= 4 is 21.6 Å². The molecule has 0 fully saturated rings. The van der Waals surface area contributed by atoms with Crippen molar-refractivity contribution in [3.05, 3.63) is 74.0 Å². The van der Waals surface area contributed by atoms with Gasteiger partial charge in [0, 0.05) is 22.6 Å². The normalized spacial score (nSPS) is 12.2. The number of benzene rings is 2. The lowest BCUT2D eigenvalue weighted by Gasteiger charge is -2.14. The van der Waals surface area contributed by atoms with Gasteiger partial charge in [-0.3, -0.25) is 10.1 Å². The average Bonchev–Trinajstić information content (AvgIpc) is 2.39. The van der Waals surface area contributed by atoms with Crippen LogP contribution < -0.4 is 5.73 Å². The van der Waals surface area contributed by atoms with Crippen LogP contribution in [-0.4, -0.2) is 4.92 Å².